The Balaban J connectivity index is 2.08. The van der Waals surface area contributed by atoms with Crippen LogP contribution in [0.5, 0.6) is 0 Å². The predicted octanol–water partition coefficient (Wildman–Crippen LogP) is 1.08. The number of hydrogen-bond donors (Lipinski definition) is 2. The summed E-state index contributed by atoms with van der Waals surface area (Å²) in [5.41, 5.74) is 7.94. The third kappa shape index (κ3) is 3.43. The number of aromatic nitrogens is 1. The van der Waals surface area contributed by atoms with Gasteiger partial charge in [-0.3, -0.25) is 4.98 Å². The minimum absolute atomic E-state index is 0.00264. The van der Waals surface area contributed by atoms with Crippen LogP contribution in [0.2, 0.25) is 0 Å². The molecule has 1 aliphatic heterocycles. The zero-order chi connectivity index (χ0) is 13.8. The van der Waals surface area contributed by atoms with Gasteiger partial charge in [-0.15, -0.1) is 0 Å². The molecule has 19 heavy (non-hydrogen) atoms. The number of aliphatic hydroxyl groups excluding tert-OH is 1. The molecule has 2 unspecified atom stereocenters. The molecule has 5 nitrogen and oxygen atoms in total. The van der Waals surface area contributed by atoms with Crippen LogP contribution in [-0.2, 0) is 4.74 Å². The fourth-order valence-corrected chi connectivity index (χ4v) is 2.37. The van der Waals surface area contributed by atoms with Crippen LogP contribution in [0, 0.1) is 0 Å². The Morgan fingerprint density at radius 1 is 1.53 bits per heavy atom. The molecule has 0 radical (unpaired) electrons. The Morgan fingerprint density at radius 2 is 2.32 bits per heavy atom. The van der Waals surface area contributed by atoms with Crippen molar-refractivity contribution in [2.45, 2.75) is 38.5 Å². The normalized spacial score (nSPS) is 25.4. The van der Waals surface area contributed by atoms with Crippen molar-refractivity contribution in [1.82, 2.24) is 4.98 Å². The van der Waals surface area contributed by atoms with Gasteiger partial charge in [-0.25, -0.2) is 0 Å². The summed E-state index contributed by atoms with van der Waals surface area (Å²) in [6, 6.07) is 4.03. The van der Waals surface area contributed by atoms with E-state index in [1.807, 2.05) is 25.3 Å². The van der Waals surface area contributed by atoms with Crippen molar-refractivity contribution in [3.8, 4) is 0 Å². The van der Waals surface area contributed by atoms with Gasteiger partial charge in [0.05, 0.1) is 36.4 Å². The molecule has 0 amide bonds. The van der Waals surface area contributed by atoms with E-state index in [-0.39, 0.29) is 24.9 Å². The number of aliphatic hydroxyl groups is 1. The van der Waals surface area contributed by atoms with Gasteiger partial charge in [-0.2, -0.15) is 0 Å². The number of hydrogen-bond acceptors (Lipinski definition) is 5. The maximum Gasteiger partial charge on any atom is 0.0984 e. The first-order chi connectivity index (χ1) is 9.13. The minimum Gasteiger partial charge on any atom is -0.394 e. The van der Waals surface area contributed by atoms with Crippen LogP contribution in [0.3, 0.4) is 0 Å². The second-order valence-corrected chi connectivity index (χ2v) is 5.11. The zero-order valence-electron chi connectivity index (χ0n) is 11.6. The first kappa shape index (κ1) is 14.2. The first-order valence-electron chi connectivity index (χ1n) is 6.86. The van der Waals surface area contributed by atoms with Gasteiger partial charge >= 0.3 is 0 Å². The molecule has 0 aliphatic carbocycles. The highest BCUT2D eigenvalue weighted by Gasteiger charge is 2.25. The Hall–Kier alpha value is -1.17. The van der Waals surface area contributed by atoms with E-state index in [1.165, 1.54) is 0 Å². The highest BCUT2D eigenvalue weighted by Crippen LogP contribution is 2.21. The average molecular weight is 265 g/mol. The molecule has 0 saturated carbocycles. The SMILES string of the molecule is CC[C@H](N)c1ccc(N2CC(C)OC(CO)C2)cn1. The average Bonchev–Trinajstić information content (AvgIpc) is 2.46. The van der Waals surface area contributed by atoms with Gasteiger partial charge in [0, 0.05) is 19.1 Å². The topological polar surface area (TPSA) is 71.6 Å². The molecule has 1 aromatic heterocycles. The first-order valence-corrected chi connectivity index (χ1v) is 6.86. The maximum atomic E-state index is 9.24. The molecular formula is C14H23N3O2. The number of pyridine rings is 1. The van der Waals surface area contributed by atoms with Gasteiger partial charge < -0.3 is 20.5 Å². The second kappa shape index (κ2) is 6.32. The zero-order valence-corrected chi connectivity index (χ0v) is 11.6. The van der Waals surface area contributed by atoms with Crippen LogP contribution in [0.25, 0.3) is 0 Å². The van der Waals surface area contributed by atoms with E-state index >= 15 is 0 Å². The molecule has 0 spiro atoms. The van der Waals surface area contributed by atoms with Crippen LogP contribution in [0.1, 0.15) is 32.0 Å². The molecule has 5 heteroatoms. The summed E-state index contributed by atoms with van der Waals surface area (Å²) in [4.78, 5) is 6.63. The summed E-state index contributed by atoms with van der Waals surface area (Å²) < 4.78 is 5.63. The lowest BCUT2D eigenvalue weighted by Crippen LogP contribution is -2.48. The Morgan fingerprint density at radius 3 is 2.89 bits per heavy atom. The Labute approximate surface area is 114 Å². The molecule has 3 N–H and O–H groups in total. The van der Waals surface area contributed by atoms with Gasteiger partial charge in [0.25, 0.3) is 0 Å². The van der Waals surface area contributed by atoms with Crippen molar-refractivity contribution in [2.24, 2.45) is 5.73 Å². The van der Waals surface area contributed by atoms with Gasteiger partial charge in [0.15, 0.2) is 0 Å². The van der Waals surface area contributed by atoms with Crippen molar-refractivity contribution in [2.75, 3.05) is 24.6 Å². The van der Waals surface area contributed by atoms with Crippen molar-refractivity contribution in [1.29, 1.82) is 0 Å². The van der Waals surface area contributed by atoms with Gasteiger partial charge in [0.1, 0.15) is 0 Å². The summed E-state index contributed by atoms with van der Waals surface area (Å²) in [6.45, 7) is 5.63. The molecule has 0 bridgehead atoms. The fraction of sp³-hybridized carbons (Fsp3) is 0.643. The van der Waals surface area contributed by atoms with Gasteiger partial charge in [-0.05, 0) is 25.5 Å². The van der Waals surface area contributed by atoms with Crippen LogP contribution < -0.4 is 10.6 Å². The van der Waals surface area contributed by atoms with E-state index in [1.54, 1.807) is 0 Å². The largest absolute Gasteiger partial charge is 0.394 e. The molecule has 3 atom stereocenters. The maximum absolute atomic E-state index is 9.24. The third-order valence-corrected chi connectivity index (χ3v) is 3.49. The van der Waals surface area contributed by atoms with E-state index < -0.39 is 0 Å². The number of morpholine rings is 1. The molecule has 1 aromatic rings. The lowest BCUT2D eigenvalue weighted by Gasteiger charge is -2.37. The fourth-order valence-electron chi connectivity index (χ4n) is 2.37. The quantitative estimate of drug-likeness (QED) is 0.852. The van der Waals surface area contributed by atoms with Crippen LogP contribution >= 0.6 is 0 Å². The highest BCUT2D eigenvalue weighted by molar-refractivity contribution is 5.45. The van der Waals surface area contributed by atoms with Crippen LogP contribution in [0.4, 0.5) is 5.69 Å². The highest BCUT2D eigenvalue weighted by atomic mass is 16.5. The molecule has 2 heterocycles. The number of rotatable bonds is 4. The molecule has 0 aromatic carbocycles. The molecule has 1 aliphatic rings. The predicted molar refractivity (Wildman–Crippen MR) is 75.1 cm³/mol. The molecule has 2 rings (SSSR count). The van der Waals surface area contributed by atoms with Crippen LogP contribution in [-0.4, -0.2) is 42.0 Å². The van der Waals surface area contributed by atoms with Crippen molar-refractivity contribution >= 4 is 5.69 Å². The monoisotopic (exact) mass is 265 g/mol. The summed E-state index contributed by atoms with van der Waals surface area (Å²) >= 11 is 0. The Bertz CT molecular complexity index is 396. The van der Waals surface area contributed by atoms with Crippen LogP contribution in [0.15, 0.2) is 18.3 Å². The van der Waals surface area contributed by atoms with E-state index in [4.69, 9.17) is 10.5 Å². The lowest BCUT2D eigenvalue weighted by atomic mass is 10.1. The van der Waals surface area contributed by atoms with Gasteiger partial charge in [0.2, 0.25) is 0 Å². The second-order valence-electron chi connectivity index (χ2n) is 5.11. The van der Waals surface area contributed by atoms with Crippen molar-refractivity contribution in [3.63, 3.8) is 0 Å². The smallest absolute Gasteiger partial charge is 0.0984 e. The number of nitrogens with zero attached hydrogens (tertiary/aromatic N) is 2. The minimum atomic E-state index is -0.124. The number of nitrogens with two attached hydrogens (primary N) is 1. The summed E-state index contributed by atoms with van der Waals surface area (Å²) in [7, 11) is 0. The van der Waals surface area contributed by atoms with Gasteiger partial charge in [-0.1, -0.05) is 6.92 Å². The number of ether oxygens (including phenoxy) is 1. The van der Waals surface area contributed by atoms with E-state index in [2.05, 4.69) is 16.8 Å². The van der Waals surface area contributed by atoms with E-state index in [9.17, 15) is 5.11 Å². The molecule has 1 saturated heterocycles. The number of anilines is 1. The lowest BCUT2D eigenvalue weighted by molar-refractivity contribution is -0.0421. The van der Waals surface area contributed by atoms with E-state index in [0.29, 0.717) is 6.54 Å². The van der Waals surface area contributed by atoms with E-state index in [0.717, 1.165) is 24.3 Å². The summed E-state index contributed by atoms with van der Waals surface area (Å²) in [6.07, 6.45) is 2.73. The summed E-state index contributed by atoms with van der Waals surface area (Å²) in [5, 5.41) is 9.24. The summed E-state index contributed by atoms with van der Waals surface area (Å²) in [5.74, 6) is 0. The third-order valence-electron chi connectivity index (χ3n) is 3.49. The molecule has 106 valence electrons. The standard InChI is InChI=1S/C14H23N3O2/c1-3-13(15)14-5-4-11(6-16-14)17-7-10(2)19-12(8-17)9-18/h4-6,10,12-13,18H,3,7-9,15H2,1-2H3/t10?,12?,13-/m0/s1. The van der Waals surface area contributed by atoms with Crippen molar-refractivity contribution < 1.29 is 9.84 Å². The van der Waals surface area contributed by atoms with Crippen molar-refractivity contribution in [3.05, 3.63) is 24.0 Å². The Kier molecular flexibility index (Phi) is 4.74. The molecular weight excluding hydrogens is 242 g/mol. The molecule has 1 fully saturated rings.